The molecule has 0 aromatic carbocycles. The Morgan fingerprint density at radius 1 is 1.03 bits per heavy atom. The van der Waals surface area contributed by atoms with E-state index in [0.717, 1.165) is 45.0 Å². The molecular weight excluding hydrogens is 500 g/mol. The number of rotatable bonds is 8. The average Bonchev–Trinajstić information content (AvgIpc) is 3.54. The molecule has 2 fully saturated rings. The second kappa shape index (κ2) is 10.6. The third-order valence-electron chi connectivity index (χ3n) is 8.34. The second-order valence-electron chi connectivity index (χ2n) is 11.6. The van der Waals surface area contributed by atoms with Crippen LogP contribution in [0.15, 0.2) is 12.3 Å². The lowest BCUT2D eigenvalue weighted by Gasteiger charge is -2.28. The van der Waals surface area contributed by atoms with Gasteiger partial charge in [-0.1, -0.05) is 19.8 Å². The maximum Gasteiger partial charge on any atom is 0.225 e. The Kier molecular flexibility index (Phi) is 7.61. The minimum Gasteiger partial charge on any atom is -0.390 e. The Morgan fingerprint density at radius 3 is 2.50 bits per heavy atom. The van der Waals surface area contributed by atoms with Crippen molar-refractivity contribution in [2.24, 2.45) is 11.8 Å². The highest BCUT2D eigenvalue weighted by atomic mass is 32.1. The summed E-state index contributed by atoms with van der Waals surface area (Å²) in [5.41, 5.74) is 2.16. The fourth-order valence-corrected chi connectivity index (χ4v) is 7.36. The molecule has 6 atom stereocenters. The number of nitrogens with one attached hydrogen (secondary N) is 2. The average molecular weight is 541 g/mol. The van der Waals surface area contributed by atoms with Gasteiger partial charge in [-0.25, -0.2) is 9.97 Å². The van der Waals surface area contributed by atoms with Crippen molar-refractivity contribution in [2.45, 2.75) is 103 Å². The molecule has 10 heteroatoms. The van der Waals surface area contributed by atoms with Gasteiger partial charge in [-0.15, -0.1) is 11.3 Å². The number of hydrogen-bond donors (Lipinski definition) is 5. The SMILES string of the molecule is CCC[C@@H]1CCC[C@H]1Nc1nc(C)c(-c2nc3c(C)nccc3s2)c(N[C@@H]2C[C@H](C(C)(C)O)[C@@H](O)[C@H]2O)n1. The van der Waals surface area contributed by atoms with Gasteiger partial charge in [0.15, 0.2) is 0 Å². The van der Waals surface area contributed by atoms with Crippen molar-refractivity contribution in [1.29, 1.82) is 0 Å². The second-order valence-corrected chi connectivity index (χ2v) is 12.6. The summed E-state index contributed by atoms with van der Waals surface area (Å²) in [5.74, 6) is 1.28. The highest BCUT2D eigenvalue weighted by Gasteiger charge is 2.48. The fraction of sp³-hybridized carbons (Fsp3) is 0.643. The molecule has 0 spiro atoms. The van der Waals surface area contributed by atoms with Gasteiger partial charge >= 0.3 is 0 Å². The van der Waals surface area contributed by atoms with Gasteiger partial charge in [-0.2, -0.15) is 4.98 Å². The van der Waals surface area contributed by atoms with Gasteiger partial charge < -0.3 is 26.0 Å². The zero-order valence-electron chi connectivity index (χ0n) is 22.9. The molecule has 0 aliphatic heterocycles. The quantitative estimate of drug-likeness (QED) is 0.281. The molecule has 0 saturated heterocycles. The molecule has 3 aromatic heterocycles. The molecule has 38 heavy (non-hydrogen) atoms. The standard InChI is InChI=1S/C28H40N6O3S/c1-6-8-16-9-7-10-18(16)32-27-30-14(2)21(26-33-22-15(3)29-12-11-20(22)38-26)25(34-27)31-19-13-17(28(4,5)37)23(35)24(19)36/h11-12,16-19,23-24,35-37H,6-10,13H2,1-5H3,(H2,30,31,32,34)/t16-,17+,18-,19-,23-,24+/m1/s1. The molecule has 0 amide bonds. The first kappa shape index (κ1) is 27.2. The van der Waals surface area contributed by atoms with Crippen LogP contribution in [-0.4, -0.2) is 65.1 Å². The number of aryl methyl sites for hydroxylation is 2. The summed E-state index contributed by atoms with van der Waals surface area (Å²) in [5, 5.41) is 40.1. The fourth-order valence-electron chi connectivity index (χ4n) is 6.25. The van der Waals surface area contributed by atoms with Gasteiger partial charge in [-0.05, 0) is 65.4 Å². The van der Waals surface area contributed by atoms with Crippen molar-refractivity contribution < 1.29 is 15.3 Å². The molecular formula is C28H40N6O3S. The molecule has 3 heterocycles. The Labute approximate surface area is 228 Å². The third kappa shape index (κ3) is 5.23. The normalized spacial score (nSPS) is 27.8. The Morgan fingerprint density at radius 2 is 1.82 bits per heavy atom. The molecule has 206 valence electrons. The maximum absolute atomic E-state index is 10.9. The highest BCUT2D eigenvalue weighted by molar-refractivity contribution is 7.21. The molecule has 0 bridgehead atoms. The predicted molar refractivity (Wildman–Crippen MR) is 151 cm³/mol. The van der Waals surface area contributed by atoms with Gasteiger partial charge in [0.2, 0.25) is 5.95 Å². The predicted octanol–water partition coefficient (Wildman–Crippen LogP) is 4.44. The van der Waals surface area contributed by atoms with E-state index in [-0.39, 0.29) is 0 Å². The van der Waals surface area contributed by atoms with E-state index in [0.29, 0.717) is 30.1 Å². The molecule has 5 N–H and O–H groups in total. The van der Waals surface area contributed by atoms with Crippen LogP contribution >= 0.6 is 11.3 Å². The molecule has 5 rings (SSSR count). The summed E-state index contributed by atoms with van der Waals surface area (Å²) < 4.78 is 1.03. The number of aliphatic hydroxyl groups is 3. The van der Waals surface area contributed by atoms with Crippen LogP contribution in [0, 0.1) is 25.7 Å². The van der Waals surface area contributed by atoms with Crippen LogP contribution in [0.4, 0.5) is 11.8 Å². The molecule has 2 aliphatic carbocycles. The summed E-state index contributed by atoms with van der Waals surface area (Å²) in [4.78, 5) is 19.1. The van der Waals surface area contributed by atoms with E-state index in [1.54, 1.807) is 31.4 Å². The number of fused-ring (bicyclic) bond motifs is 1. The van der Waals surface area contributed by atoms with Crippen LogP contribution in [0.2, 0.25) is 0 Å². The van der Waals surface area contributed by atoms with E-state index in [2.05, 4.69) is 22.5 Å². The van der Waals surface area contributed by atoms with Gasteiger partial charge in [0.25, 0.3) is 0 Å². The lowest BCUT2D eigenvalue weighted by molar-refractivity contribution is -0.0601. The van der Waals surface area contributed by atoms with Crippen LogP contribution in [0.25, 0.3) is 20.8 Å². The van der Waals surface area contributed by atoms with Crippen molar-refractivity contribution in [3.63, 3.8) is 0 Å². The molecule has 9 nitrogen and oxygen atoms in total. The van der Waals surface area contributed by atoms with Crippen LogP contribution < -0.4 is 10.6 Å². The monoisotopic (exact) mass is 540 g/mol. The molecule has 0 unspecified atom stereocenters. The van der Waals surface area contributed by atoms with Crippen molar-refractivity contribution in [2.75, 3.05) is 10.6 Å². The van der Waals surface area contributed by atoms with Crippen LogP contribution in [0.1, 0.15) is 70.7 Å². The summed E-state index contributed by atoms with van der Waals surface area (Å²) in [6.07, 6.45) is 5.97. The van der Waals surface area contributed by atoms with E-state index in [1.807, 2.05) is 19.9 Å². The number of hydrogen-bond acceptors (Lipinski definition) is 10. The molecule has 3 aromatic rings. The number of pyridine rings is 1. The Bertz CT molecular complexity index is 1290. The van der Waals surface area contributed by atoms with Crippen molar-refractivity contribution in [1.82, 2.24) is 19.9 Å². The topological polar surface area (TPSA) is 136 Å². The summed E-state index contributed by atoms with van der Waals surface area (Å²) in [6.45, 7) is 9.48. The van der Waals surface area contributed by atoms with Crippen LogP contribution in [0.3, 0.4) is 0 Å². The van der Waals surface area contributed by atoms with Gasteiger partial charge in [0.1, 0.15) is 22.4 Å². The Hall–Kier alpha value is -2.40. The number of aliphatic hydroxyl groups excluding tert-OH is 2. The first-order valence-corrected chi connectivity index (χ1v) is 14.6. The van der Waals surface area contributed by atoms with Gasteiger partial charge in [-0.3, -0.25) is 4.98 Å². The molecule has 0 radical (unpaired) electrons. The number of nitrogens with zero attached hydrogens (tertiary/aromatic N) is 4. The van der Waals surface area contributed by atoms with E-state index < -0.39 is 29.8 Å². The minimum absolute atomic E-state index is 0.336. The van der Waals surface area contributed by atoms with Gasteiger partial charge in [0, 0.05) is 18.2 Å². The van der Waals surface area contributed by atoms with Crippen molar-refractivity contribution in [3.05, 3.63) is 23.7 Å². The van der Waals surface area contributed by atoms with E-state index in [1.165, 1.54) is 19.3 Å². The first-order chi connectivity index (χ1) is 18.1. The first-order valence-electron chi connectivity index (χ1n) is 13.8. The summed E-state index contributed by atoms with van der Waals surface area (Å²) >= 11 is 1.56. The zero-order valence-corrected chi connectivity index (χ0v) is 23.7. The lowest BCUT2D eigenvalue weighted by Crippen LogP contribution is -2.40. The van der Waals surface area contributed by atoms with Crippen LogP contribution in [-0.2, 0) is 0 Å². The number of aromatic nitrogens is 4. The summed E-state index contributed by atoms with van der Waals surface area (Å²) in [7, 11) is 0. The number of thiazole rings is 1. The van der Waals surface area contributed by atoms with Crippen LogP contribution in [0.5, 0.6) is 0 Å². The lowest BCUT2D eigenvalue weighted by atomic mass is 9.88. The van der Waals surface area contributed by atoms with Crippen molar-refractivity contribution in [3.8, 4) is 10.6 Å². The highest BCUT2D eigenvalue weighted by Crippen LogP contribution is 2.41. The van der Waals surface area contributed by atoms with Gasteiger partial charge in [0.05, 0.1) is 39.4 Å². The number of anilines is 2. The third-order valence-corrected chi connectivity index (χ3v) is 9.38. The largest absolute Gasteiger partial charge is 0.390 e. The van der Waals surface area contributed by atoms with E-state index >= 15 is 0 Å². The minimum atomic E-state index is -1.12. The Balaban J connectivity index is 1.53. The maximum atomic E-state index is 10.9. The van der Waals surface area contributed by atoms with E-state index in [4.69, 9.17) is 15.0 Å². The summed E-state index contributed by atoms with van der Waals surface area (Å²) in [6, 6.07) is 1.81. The zero-order chi connectivity index (χ0) is 27.2. The van der Waals surface area contributed by atoms with Crippen molar-refractivity contribution >= 4 is 33.3 Å². The smallest absolute Gasteiger partial charge is 0.225 e. The molecule has 2 aliphatic rings. The van der Waals surface area contributed by atoms with E-state index in [9.17, 15) is 15.3 Å². The molecule has 2 saturated carbocycles.